The molecular weight excluding hydrogens is 586 g/mol. The van der Waals surface area contributed by atoms with E-state index in [-0.39, 0.29) is 19.2 Å². The Balaban J connectivity index is 1.47. The van der Waals surface area contributed by atoms with Crippen LogP contribution in [0.4, 0.5) is 5.69 Å². The SMILES string of the molecule is CCCCN(C(=O)CN1C[C@H](c2cc(OC)c3c(c2)OCO3)C(C(=O)O)[C@@H]1CCc1ccncn1)c1cccc(C[N+](C)(C)C)c1. The summed E-state index contributed by atoms with van der Waals surface area (Å²) in [6.45, 7) is 4.10. The quantitative estimate of drug-likeness (QED) is 0.259. The smallest absolute Gasteiger partial charge is 0.308 e. The average Bonchev–Trinajstić information content (AvgIpc) is 3.64. The Hall–Kier alpha value is -4.22. The molecular formula is C35H46N5O6+. The van der Waals surface area contributed by atoms with Crippen LogP contribution in [0.2, 0.25) is 0 Å². The lowest BCUT2D eigenvalue weighted by Crippen LogP contribution is -2.44. The largest absolute Gasteiger partial charge is 0.493 e. The van der Waals surface area contributed by atoms with Gasteiger partial charge in [-0.05, 0) is 55.2 Å². The lowest BCUT2D eigenvalue weighted by Gasteiger charge is -2.30. The van der Waals surface area contributed by atoms with E-state index in [1.807, 2.05) is 35.2 Å². The highest BCUT2D eigenvalue weighted by Crippen LogP contribution is 2.47. The average molecular weight is 633 g/mol. The molecule has 1 N–H and O–H groups in total. The van der Waals surface area contributed by atoms with E-state index in [9.17, 15) is 14.7 Å². The molecule has 1 unspecified atom stereocenters. The number of likely N-dealkylation sites (tertiary alicyclic amines) is 1. The number of carbonyl (C=O) groups excluding carboxylic acids is 1. The van der Waals surface area contributed by atoms with Gasteiger partial charge in [0.05, 0.1) is 40.7 Å². The van der Waals surface area contributed by atoms with Crippen molar-refractivity contribution in [2.45, 2.75) is 51.1 Å². The van der Waals surface area contributed by atoms with Gasteiger partial charge in [-0.25, -0.2) is 9.97 Å². The summed E-state index contributed by atoms with van der Waals surface area (Å²) in [7, 11) is 7.99. The fraction of sp³-hybridized carbons (Fsp3) is 0.486. The van der Waals surface area contributed by atoms with Crippen molar-refractivity contribution >= 4 is 17.6 Å². The first-order valence-corrected chi connectivity index (χ1v) is 16.0. The minimum Gasteiger partial charge on any atom is -0.493 e. The number of ether oxygens (including phenoxy) is 3. The lowest BCUT2D eigenvalue weighted by molar-refractivity contribution is -0.884. The molecule has 46 heavy (non-hydrogen) atoms. The summed E-state index contributed by atoms with van der Waals surface area (Å²) in [6, 6.07) is 13.3. The number of carboxylic acid groups (broad SMARTS) is 1. The van der Waals surface area contributed by atoms with Crippen molar-refractivity contribution in [1.82, 2.24) is 14.9 Å². The van der Waals surface area contributed by atoms with Gasteiger partial charge >= 0.3 is 5.97 Å². The molecule has 1 fully saturated rings. The van der Waals surface area contributed by atoms with Crippen LogP contribution in [0.25, 0.3) is 0 Å². The van der Waals surface area contributed by atoms with Crippen molar-refractivity contribution in [3.05, 3.63) is 71.8 Å². The summed E-state index contributed by atoms with van der Waals surface area (Å²) in [4.78, 5) is 39.6. The van der Waals surface area contributed by atoms with Gasteiger partial charge in [-0.1, -0.05) is 25.5 Å². The van der Waals surface area contributed by atoms with Crippen LogP contribution in [0.1, 0.15) is 48.9 Å². The van der Waals surface area contributed by atoms with Gasteiger partial charge in [-0.3, -0.25) is 14.5 Å². The number of aliphatic carboxylic acids is 1. The van der Waals surface area contributed by atoms with Crippen molar-refractivity contribution in [2.75, 3.05) is 59.6 Å². The molecule has 0 bridgehead atoms. The number of benzene rings is 2. The summed E-state index contributed by atoms with van der Waals surface area (Å²) in [5.74, 6) is -0.568. The highest BCUT2D eigenvalue weighted by Gasteiger charge is 2.47. The Morgan fingerprint density at radius 2 is 1.98 bits per heavy atom. The number of rotatable bonds is 14. The Bertz CT molecular complexity index is 1510. The Kier molecular flexibility index (Phi) is 10.4. The van der Waals surface area contributed by atoms with Gasteiger partial charge in [0.15, 0.2) is 11.5 Å². The maximum absolute atomic E-state index is 14.3. The molecule has 0 radical (unpaired) electrons. The number of quaternary nitrogens is 1. The van der Waals surface area contributed by atoms with Crippen molar-refractivity contribution in [1.29, 1.82) is 0 Å². The number of fused-ring (bicyclic) bond motifs is 1. The van der Waals surface area contributed by atoms with Crippen molar-refractivity contribution in [3.63, 3.8) is 0 Å². The van der Waals surface area contributed by atoms with E-state index in [4.69, 9.17) is 14.2 Å². The van der Waals surface area contributed by atoms with Crippen molar-refractivity contribution in [2.24, 2.45) is 5.92 Å². The van der Waals surface area contributed by atoms with Crippen molar-refractivity contribution in [3.8, 4) is 17.2 Å². The van der Waals surface area contributed by atoms with Gasteiger partial charge in [0.2, 0.25) is 18.4 Å². The van der Waals surface area contributed by atoms with E-state index in [0.29, 0.717) is 43.2 Å². The zero-order valence-corrected chi connectivity index (χ0v) is 27.5. The molecule has 11 heteroatoms. The molecule has 246 valence electrons. The van der Waals surface area contributed by atoms with Gasteiger partial charge in [-0.15, -0.1) is 0 Å². The second-order valence-corrected chi connectivity index (χ2v) is 13.2. The number of hydrogen-bond acceptors (Lipinski definition) is 8. The van der Waals surface area contributed by atoms with Gasteiger partial charge in [0.1, 0.15) is 12.9 Å². The van der Waals surface area contributed by atoms with Gasteiger partial charge < -0.3 is 28.7 Å². The monoisotopic (exact) mass is 632 g/mol. The van der Waals surface area contributed by atoms with Crippen LogP contribution in [-0.4, -0.2) is 97.1 Å². The number of nitrogens with zero attached hydrogens (tertiary/aromatic N) is 5. The molecule has 1 amide bonds. The third kappa shape index (κ3) is 7.76. The molecule has 2 aliphatic rings. The molecule has 2 aliphatic heterocycles. The number of aromatic nitrogens is 2. The molecule has 11 nitrogen and oxygen atoms in total. The minimum absolute atomic E-state index is 0.0454. The molecule has 3 aromatic rings. The molecule has 0 spiro atoms. The summed E-state index contributed by atoms with van der Waals surface area (Å²) >= 11 is 0. The van der Waals surface area contributed by atoms with E-state index in [1.54, 1.807) is 13.3 Å². The highest BCUT2D eigenvalue weighted by molar-refractivity contribution is 5.95. The van der Waals surface area contributed by atoms with E-state index < -0.39 is 23.8 Å². The number of anilines is 1. The third-order valence-electron chi connectivity index (χ3n) is 8.74. The predicted molar refractivity (Wildman–Crippen MR) is 174 cm³/mol. The van der Waals surface area contributed by atoms with Crippen molar-refractivity contribution < 1.29 is 33.4 Å². The molecule has 1 aromatic heterocycles. The van der Waals surface area contributed by atoms with Crippen LogP contribution in [0.5, 0.6) is 17.2 Å². The number of hydrogen-bond donors (Lipinski definition) is 1. The Morgan fingerprint density at radius 3 is 2.67 bits per heavy atom. The molecule has 1 saturated heterocycles. The zero-order valence-electron chi connectivity index (χ0n) is 27.5. The van der Waals surface area contributed by atoms with Crippen LogP contribution in [0, 0.1) is 5.92 Å². The number of amides is 1. The van der Waals surface area contributed by atoms with E-state index in [2.05, 4.69) is 55.1 Å². The molecule has 0 saturated carbocycles. The standard InChI is InChI=1S/C35H45N5O6/c1-6-7-15-39(27-10-8-9-24(16-27)21-40(2,3)4)32(41)20-38-19-28(25-17-30(44-5)34-31(18-25)45-23-46-34)33(35(42)43)29(38)12-11-26-13-14-36-22-37-26/h8-10,13-14,16-18,22,28-29,33H,6-7,11-12,15,19-21,23H2,1-5H3/p+1/t28-,29+,33?/m1/s1. The Morgan fingerprint density at radius 1 is 1.15 bits per heavy atom. The van der Waals surface area contributed by atoms with Gasteiger partial charge in [0.25, 0.3) is 0 Å². The van der Waals surface area contributed by atoms with Gasteiger partial charge in [0, 0.05) is 48.2 Å². The first-order valence-electron chi connectivity index (χ1n) is 16.0. The third-order valence-corrected chi connectivity index (χ3v) is 8.74. The minimum atomic E-state index is -0.903. The van der Waals surface area contributed by atoms with E-state index >= 15 is 0 Å². The highest BCUT2D eigenvalue weighted by atomic mass is 16.7. The number of carboxylic acids is 1. The van der Waals surface area contributed by atoms with E-state index in [1.165, 1.54) is 6.33 Å². The normalized spacial score (nSPS) is 19.3. The molecule has 2 aromatic carbocycles. The number of unbranched alkanes of at least 4 members (excludes halogenated alkanes) is 1. The molecule has 3 heterocycles. The van der Waals surface area contributed by atoms with Crippen LogP contribution >= 0.6 is 0 Å². The number of carbonyl (C=O) groups is 2. The predicted octanol–water partition coefficient (Wildman–Crippen LogP) is 4.35. The summed E-state index contributed by atoms with van der Waals surface area (Å²) in [5, 5.41) is 10.7. The first kappa shape index (κ1) is 33.2. The molecule has 5 rings (SSSR count). The summed E-state index contributed by atoms with van der Waals surface area (Å²) in [6.07, 6.45) is 6.08. The maximum Gasteiger partial charge on any atom is 0.308 e. The number of aryl methyl sites for hydroxylation is 1. The van der Waals surface area contributed by atoms with E-state index in [0.717, 1.165) is 46.4 Å². The summed E-state index contributed by atoms with van der Waals surface area (Å²) < 4.78 is 17.6. The molecule has 0 aliphatic carbocycles. The molecule has 3 atom stereocenters. The lowest BCUT2D eigenvalue weighted by atomic mass is 9.83. The van der Waals surface area contributed by atoms with Crippen LogP contribution in [0.15, 0.2) is 55.0 Å². The fourth-order valence-corrected chi connectivity index (χ4v) is 6.66. The zero-order chi connectivity index (χ0) is 32.8. The maximum atomic E-state index is 14.3. The van der Waals surface area contributed by atoms with Crippen LogP contribution in [-0.2, 0) is 22.6 Å². The van der Waals surface area contributed by atoms with Crippen LogP contribution < -0.4 is 19.1 Å². The Labute approximate surface area is 271 Å². The second-order valence-electron chi connectivity index (χ2n) is 13.2. The fourth-order valence-electron chi connectivity index (χ4n) is 6.66. The van der Waals surface area contributed by atoms with Gasteiger partial charge in [-0.2, -0.15) is 0 Å². The number of methoxy groups -OCH3 is 1. The second kappa shape index (κ2) is 14.5. The van der Waals surface area contributed by atoms with Crippen LogP contribution in [0.3, 0.4) is 0 Å². The topological polar surface area (TPSA) is 114 Å². The first-order chi connectivity index (χ1) is 22.1. The summed E-state index contributed by atoms with van der Waals surface area (Å²) in [5.41, 5.74) is 3.64.